The molecule has 2 heterocycles. The van der Waals surface area contributed by atoms with Gasteiger partial charge in [-0.25, -0.2) is 9.78 Å². The minimum atomic E-state index is -1.13. The Morgan fingerprint density at radius 2 is 1.72 bits per heavy atom. The molecular formula is C28H26ClN5O5. The Kier molecular flexibility index (Phi) is 8.67. The average Bonchev–Trinajstić information content (AvgIpc) is 2.94. The lowest BCUT2D eigenvalue weighted by atomic mass is 10.0. The second-order valence-electron chi connectivity index (χ2n) is 8.69. The summed E-state index contributed by atoms with van der Waals surface area (Å²) in [4.78, 5) is 39.2. The number of aryl methyl sites for hydroxylation is 1. The Labute approximate surface area is 230 Å². The van der Waals surface area contributed by atoms with Gasteiger partial charge in [0.05, 0.1) is 24.3 Å². The van der Waals surface area contributed by atoms with Crippen molar-refractivity contribution in [3.63, 3.8) is 0 Å². The molecule has 0 aliphatic heterocycles. The third kappa shape index (κ3) is 6.29. The summed E-state index contributed by atoms with van der Waals surface area (Å²) in [5, 5.41) is 11.8. The quantitative estimate of drug-likeness (QED) is 0.109. The van der Waals surface area contributed by atoms with Gasteiger partial charge in [-0.05, 0) is 36.6 Å². The Bertz CT molecular complexity index is 1470. The lowest BCUT2D eigenvalue weighted by Gasteiger charge is -2.31. The second-order valence-corrected chi connectivity index (χ2v) is 9.02. The van der Waals surface area contributed by atoms with Gasteiger partial charge in [0.15, 0.2) is 6.04 Å². The van der Waals surface area contributed by atoms with Gasteiger partial charge in [-0.3, -0.25) is 15.1 Å². The lowest BCUT2D eigenvalue weighted by Crippen LogP contribution is -2.36. The monoisotopic (exact) mass is 547 g/mol. The minimum Gasteiger partial charge on any atom is -0.496 e. The highest BCUT2D eigenvalue weighted by atomic mass is 35.5. The number of hydrogen-bond donors (Lipinski definition) is 0. The van der Waals surface area contributed by atoms with Crippen LogP contribution in [-0.4, -0.2) is 33.0 Å². The van der Waals surface area contributed by atoms with E-state index in [1.165, 1.54) is 4.90 Å². The number of benzene rings is 2. The number of nitrogens with zero attached hydrogens (tertiary/aromatic N) is 5. The predicted octanol–water partition coefficient (Wildman–Crippen LogP) is 5.55. The van der Waals surface area contributed by atoms with Crippen molar-refractivity contribution in [2.45, 2.75) is 33.0 Å². The number of esters is 1. The zero-order valence-electron chi connectivity index (χ0n) is 21.6. The summed E-state index contributed by atoms with van der Waals surface area (Å²) in [5.41, 5.74) is 2.97. The predicted molar refractivity (Wildman–Crippen MR) is 146 cm³/mol. The summed E-state index contributed by atoms with van der Waals surface area (Å²) < 4.78 is 11.3. The molecule has 0 bridgehead atoms. The fourth-order valence-electron chi connectivity index (χ4n) is 4.25. The highest BCUT2D eigenvalue weighted by Crippen LogP contribution is 2.36. The van der Waals surface area contributed by atoms with Gasteiger partial charge in [-0.1, -0.05) is 60.7 Å². The second kappa shape index (κ2) is 12.3. The summed E-state index contributed by atoms with van der Waals surface area (Å²) in [5.74, 6) is -0.157. The third-order valence-corrected chi connectivity index (χ3v) is 6.32. The van der Waals surface area contributed by atoms with E-state index < -0.39 is 22.6 Å². The van der Waals surface area contributed by atoms with E-state index in [2.05, 4.69) is 15.0 Å². The number of methoxy groups -OCH3 is 1. The zero-order chi connectivity index (χ0) is 27.9. The van der Waals surface area contributed by atoms with Crippen LogP contribution in [0.2, 0.25) is 5.28 Å². The van der Waals surface area contributed by atoms with Crippen LogP contribution < -0.4 is 9.64 Å². The number of aromatic nitrogens is 3. The number of carbonyl (C=O) groups is 1. The molecule has 0 saturated carbocycles. The number of hydrogen-bond acceptors (Lipinski definition) is 9. The van der Waals surface area contributed by atoms with Gasteiger partial charge in [0.2, 0.25) is 11.1 Å². The highest BCUT2D eigenvalue weighted by molar-refractivity contribution is 6.28. The Morgan fingerprint density at radius 3 is 2.36 bits per heavy atom. The molecule has 0 aliphatic carbocycles. The summed E-state index contributed by atoms with van der Waals surface area (Å²) in [6.07, 6.45) is 2.66. The SMILES string of the molecule is COc1c(C)cnc(CN(c2nc(Cl)ncc2[N+](=O)[O-])C(C(=O)OCc2ccccc2)c2ccccc2)c1C. The van der Waals surface area contributed by atoms with Gasteiger partial charge < -0.3 is 14.4 Å². The van der Waals surface area contributed by atoms with Gasteiger partial charge in [0.1, 0.15) is 18.6 Å². The minimum absolute atomic E-state index is 0.0130. The van der Waals surface area contributed by atoms with Crippen molar-refractivity contribution in [1.29, 1.82) is 0 Å². The number of halogens is 1. The number of carbonyl (C=O) groups excluding carboxylic acids is 1. The molecule has 0 spiro atoms. The Hall–Kier alpha value is -4.57. The number of rotatable bonds is 10. The fourth-order valence-corrected chi connectivity index (χ4v) is 4.38. The summed E-state index contributed by atoms with van der Waals surface area (Å²) in [6.45, 7) is 3.66. The molecule has 10 nitrogen and oxygen atoms in total. The van der Waals surface area contributed by atoms with Gasteiger partial charge in [-0.2, -0.15) is 4.98 Å². The van der Waals surface area contributed by atoms with E-state index in [-0.39, 0.29) is 24.3 Å². The van der Waals surface area contributed by atoms with Gasteiger partial charge in [0, 0.05) is 17.3 Å². The first-order valence-corrected chi connectivity index (χ1v) is 12.4. The van der Waals surface area contributed by atoms with Crippen molar-refractivity contribution >= 4 is 29.1 Å². The van der Waals surface area contributed by atoms with Gasteiger partial charge in [0.25, 0.3) is 0 Å². The van der Waals surface area contributed by atoms with Crippen LogP contribution in [0.1, 0.15) is 34.0 Å². The first-order valence-electron chi connectivity index (χ1n) is 12.0. The first kappa shape index (κ1) is 27.5. The Balaban J connectivity index is 1.87. The molecular weight excluding hydrogens is 522 g/mol. The fraction of sp³-hybridized carbons (Fsp3) is 0.214. The molecule has 0 fully saturated rings. The van der Waals surface area contributed by atoms with E-state index >= 15 is 0 Å². The maximum atomic E-state index is 13.8. The number of pyridine rings is 1. The number of ether oxygens (including phenoxy) is 2. The average molecular weight is 548 g/mol. The van der Waals surface area contributed by atoms with Crippen molar-refractivity contribution in [2.24, 2.45) is 0 Å². The van der Waals surface area contributed by atoms with Crippen LogP contribution in [0.5, 0.6) is 5.75 Å². The third-order valence-electron chi connectivity index (χ3n) is 6.13. The number of anilines is 1. The number of nitro groups is 1. The molecule has 1 atom stereocenters. The van der Waals surface area contributed by atoms with Crippen LogP contribution in [0.15, 0.2) is 73.1 Å². The van der Waals surface area contributed by atoms with Crippen LogP contribution in [0.25, 0.3) is 0 Å². The summed E-state index contributed by atoms with van der Waals surface area (Å²) in [6, 6.07) is 16.9. The zero-order valence-corrected chi connectivity index (χ0v) is 22.3. The van der Waals surface area contributed by atoms with E-state index in [9.17, 15) is 14.9 Å². The van der Waals surface area contributed by atoms with E-state index in [0.717, 1.165) is 22.9 Å². The van der Waals surface area contributed by atoms with E-state index in [1.807, 2.05) is 44.2 Å². The van der Waals surface area contributed by atoms with E-state index in [4.69, 9.17) is 21.1 Å². The van der Waals surface area contributed by atoms with Gasteiger partial charge in [-0.15, -0.1) is 0 Å². The highest BCUT2D eigenvalue weighted by Gasteiger charge is 2.36. The molecule has 2 aromatic carbocycles. The Morgan fingerprint density at radius 1 is 1.05 bits per heavy atom. The molecule has 0 aliphatic rings. The lowest BCUT2D eigenvalue weighted by molar-refractivity contribution is -0.384. The maximum absolute atomic E-state index is 13.8. The van der Waals surface area contributed by atoms with E-state index in [1.54, 1.807) is 43.6 Å². The molecule has 200 valence electrons. The molecule has 4 rings (SSSR count). The maximum Gasteiger partial charge on any atom is 0.333 e. The molecule has 4 aromatic rings. The summed E-state index contributed by atoms with van der Waals surface area (Å²) >= 11 is 6.12. The van der Waals surface area contributed by atoms with Crippen LogP contribution in [-0.2, 0) is 22.7 Å². The van der Waals surface area contributed by atoms with Crippen molar-refractivity contribution in [1.82, 2.24) is 15.0 Å². The first-order chi connectivity index (χ1) is 18.8. The largest absolute Gasteiger partial charge is 0.496 e. The molecule has 2 aromatic heterocycles. The summed E-state index contributed by atoms with van der Waals surface area (Å²) in [7, 11) is 1.56. The van der Waals surface area contributed by atoms with Crippen LogP contribution in [0.3, 0.4) is 0 Å². The van der Waals surface area contributed by atoms with Crippen LogP contribution in [0, 0.1) is 24.0 Å². The van der Waals surface area contributed by atoms with Gasteiger partial charge >= 0.3 is 11.7 Å². The van der Waals surface area contributed by atoms with E-state index in [0.29, 0.717) is 17.0 Å². The molecule has 0 saturated heterocycles. The normalized spacial score (nSPS) is 11.5. The molecule has 1 unspecified atom stereocenters. The van der Waals surface area contributed by atoms with Crippen molar-refractivity contribution in [2.75, 3.05) is 12.0 Å². The smallest absolute Gasteiger partial charge is 0.333 e. The molecule has 0 radical (unpaired) electrons. The van der Waals surface area contributed by atoms with Crippen molar-refractivity contribution in [3.8, 4) is 5.75 Å². The van der Waals surface area contributed by atoms with Crippen LogP contribution >= 0.6 is 11.6 Å². The topological polar surface area (TPSA) is 121 Å². The van der Waals surface area contributed by atoms with Crippen molar-refractivity contribution < 1.29 is 19.2 Å². The molecule has 39 heavy (non-hydrogen) atoms. The van der Waals surface area contributed by atoms with Crippen LogP contribution in [0.4, 0.5) is 11.5 Å². The van der Waals surface area contributed by atoms with Crippen molar-refractivity contribution in [3.05, 3.63) is 116 Å². The molecule has 0 N–H and O–H groups in total. The molecule has 11 heteroatoms. The standard InChI is InChI=1S/C28H26ClN5O5/c1-18-14-30-22(19(2)25(18)38-3)16-33(26-23(34(36)37)15-31-28(29)32-26)24(21-12-8-5-9-13-21)27(35)39-17-20-10-6-4-7-11-20/h4-15,24H,16-17H2,1-3H3. The molecule has 0 amide bonds.